The predicted molar refractivity (Wildman–Crippen MR) is 140 cm³/mol. The van der Waals surface area contributed by atoms with E-state index in [4.69, 9.17) is 11.6 Å². The van der Waals surface area contributed by atoms with E-state index >= 15 is 4.39 Å². The lowest BCUT2D eigenvalue weighted by Crippen LogP contribution is -2.59. The van der Waals surface area contributed by atoms with Gasteiger partial charge in [-0.3, -0.25) is 4.79 Å². The molecule has 3 aliphatic heterocycles. The first-order valence-electron chi connectivity index (χ1n) is 12.5. The van der Waals surface area contributed by atoms with E-state index in [1.54, 1.807) is 18.3 Å². The number of hydrogen-bond acceptors (Lipinski definition) is 5. The molecule has 1 amide bonds. The molecule has 0 bridgehead atoms. The van der Waals surface area contributed by atoms with Crippen molar-refractivity contribution in [1.82, 2.24) is 19.4 Å². The standard InChI is InChI=1S/C28H28FN7O/c1-4-23(37)36-17-28(18-36)10-13-35(16-28)26-25(30-2)24(19-7-5-6-8-21(19)29)20-9-12-34(15-22(20)32-26)27-31-11-14-33(27)3/h4-8,11,14H,1,9-10,12-13,15-18H2,3H3. The van der Waals surface area contributed by atoms with E-state index in [2.05, 4.69) is 26.2 Å². The number of nitrogens with zero attached hydrogens (tertiary/aromatic N) is 7. The molecule has 1 spiro atoms. The molecule has 1 aromatic carbocycles. The van der Waals surface area contributed by atoms with E-state index in [1.165, 1.54) is 12.1 Å². The van der Waals surface area contributed by atoms with Crippen LogP contribution in [-0.4, -0.2) is 58.1 Å². The number of imidazole rings is 1. The molecular formula is C28H28FN7O. The van der Waals surface area contributed by atoms with Gasteiger partial charge in [0, 0.05) is 63.1 Å². The van der Waals surface area contributed by atoms with E-state index in [0.29, 0.717) is 61.8 Å². The predicted octanol–water partition coefficient (Wildman–Crippen LogP) is 3.96. The van der Waals surface area contributed by atoms with E-state index in [1.807, 2.05) is 28.8 Å². The van der Waals surface area contributed by atoms with Crippen molar-refractivity contribution in [3.8, 4) is 11.1 Å². The van der Waals surface area contributed by atoms with Gasteiger partial charge in [-0.25, -0.2) is 19.2 Å². The van der Waals surface area contributed by atoms with E-state index in [9.17, 15) is 4.79 Å². The third kappa shape index (κ3) is 3.75. The fourth-order valence-corrected chi connectivity index (χ4v) is 6.09. The Hall–Kier alpha value is -4.19. The molecule has 0 N–H and O–H groups in total. The molecule has 2 aromatic heterocycles. The summed E-state index contributed by atoms with van der Waals surface area (Å²) in [6.45, 7) is 15.8. The van der Waals surface area contributed by atoms with Crippen molar-refractivity contribution in [3.05, 3.63) is 77.8 Å². The molecule has 2 fully saturated rings. The lowest BCUT2D eigenvalue weighted by atomic mass is 9.79. The monoisotopic (exact) mass is 497 g/mol. The molecule has 6 rings (SSSR count). The Morgan fingerprint density at radius 1 is 1.22 bits per heavy atom. The van der Waals surface area contributed by atoms with Crippen LogP contribution in [-0.2, 0) is 24.8 Å². The SMILES string of the molecule is [C-]#[N+]c1c(N2CCC3(CN(C(=O)C=C)C3)C2)nc2c(c1-c1ccccc1F)CCN(c1nccn1C)C2. The quantitative estimate of drug-likeness (QED) is 0.403. The second kappa shape index (κ2) is 8.73. The number of aromatic nitrogens is 3. The Balaban J connectivity index is 1.42. The number of aryl methyl sites for hydroxylation is 1. The number of fused-ring (bicyclic) bond motifs is 1. The minimum atomic E-state index is -0.339. The highest BCUT2D eigenvalue weighted by atomic mass is 19.1. The van der Waals surface area contributed by atoms with Gasteiger partial charge in [-0.15, -0.1) is 0 Å². The average molecular weight is 498 g/mol. The fourth-order valence-electron chi connectivity index (χ4n) is 6.09. The minimum Gasteiger partial charge on any atom is -0.365 e. The number of pyridine rings is 1. The summed E-state index contributed by atoms with van der Waals surface area (Å²) in [5.41, 5.74) is 3.29. The van der Waals surface area contributed by atoms with Crippen molar-refractivity contribution in [1.29, 1.82) is 0 Å². The van der Waals surface area contributed by atoms with Crippen LogP contribution in [0.3, 0.4) is 0 Å². The van der Waals surface area contributed by atoms with Crippen molar-refractivity contribution in [2.75, 3.05) is 42.5 Å². The third-order valence-electron chi connectivity index (χ3n) is 7.92. The summed E-state index contributed by atoms with van der Waals surface area (Å²) >= 11 is 0. The van der Waals surface area contributed by atoms with Gasteiger partial charge in [0.05, 0.1) is 18.8 Å². The van der Waals surface area contributed by atoms with Gasteiger partial charge in [-0.1, -0.05) is 24.8 Å². The molecule has 0 radical (unpaired) electrons. The Bertz CT molecular complexity index is 1450. The highest BCUT2D eigenvalue weighted by Crippen LogP contribution is 2.48. The number of halogens is 1. The topological polar surface area (TPSA) is 61.9 Å². The number of carbonyl (C=O) groups excluding carboxylic acids is 1. The Labute approximate surface area is 215 Å². The fraction of sp³-hybridized carbons (Fsp3) is 0.357. The maximum Gasteiger partial charge on any atom is 0.245 e. The molecule has 0 aliphatic carbocycles. The number of anilines is 2. The van der Waals surface area contributed by atoms with Crippen molar-refractivity contribution < 1.29 is 9.18 Å². The molecule has 9 heteroatoms. The molecular weight excluding hydrogens is 469 g/mol. The molecule has 2 saturated heterocycles. The molecule has 8 nitrogen and oxygen atoms in total. The van der Waals surface area contributed by atoms with Crippen LogP contribution in [0.5, 0.6) is 0 Å². The first-order valence-corrected chi connectivity index (χ1v) is 12.5. The van der Waals surface area contributed by atoms with Gasteiger partial charge in [0.15, 0.2) is 0 Å². The molecule has 3 aliphatic rings. The summed E-state index contributed by atoms with van der Waals surface area (Å²) < 4.78 is 17.1. The van der Waals surface area contributed by atoms with E-state index in [0.717, 1.165) is 30.2 Å². The summed E-state index contributed by atoms with van der Waals surface area (Å²) in [6.07, 6.45) is 6.61. The van der Waals surface area contributed by atoms with Gasteiger partial charge in [-0.05, 0) is 36.1 Å². The van der Waals surface area contributed by atoms with Gasteiger partial charge in [0.25, 0.3) is 0 Å². The number of rotatable bonds is 4. The maximum absolute atomic E-state index is 15.2. The average Bonchev–Trinajstić information content (AvgIpc) is 3.53. The summed E-state index contributed by atoms with van der Waals surface area (Å²) in [5.74, 6) is 1.08. The van der Waals surface area contributed by atoms with Crippen molar-refractivity contribution in [3.63, 3.8) is 0 Å². The summed E-state index contributed by atoms with van der Waals surface area (Å²) in [4.78, 5) is 31.7. The summed E-state index contributed by atoms with van der Waals surface area (Å²) in [6, 6.07) is 6.69. The smallest absolute Gasteiger partial charge is 0.245 e. The first-order chi connectivity index (χ1) is 17.9. The van der Waals surface area contributed by atoms with Gasteiger partial charge < -0.3 is 19.3 Å². The summed E-state index contributed by atoms with van der Waals surface area (Å²) in [5, 5.41) is 0. The maximum atomic E-state index is 15.2. The molecule has 0 atom stereocenters. The van der Waals surface area contributed by atoms with Crippen LogP contribution in [0.25, 0.3) is 16.0 Å². The number of amides is 1. The van der Waals surface area contributed by atoms with Crippen LogP contribution in [0.4, 0.5) is 21.8 Å². The summed E-state index contributed by atoms with van der Waals surface area (Å²) in [7, 11) is 1.96. The number of benzene rings is 1. The number of likely N-dealkylation sites (tertiary alicyclic amines) is 1. The van der Waals surface area contributed by atoms with Crippen LogP contribution in [0.2, 0.25) is 0 Å². The van der Waals surface area contributed by atoms with Gasteiger partial charge in [0.2, 0.25) is 17.5 Å². The van der Waals surface area contributed by atoms with Crippen molar-refractivity contribution >= 4 is 23.4 Å². The molecule has 0 unspecified atom stereocenters. The molecule has 5 heterocycles. The molecule has 0 saturated carbocycles. The van der Waals surface area contributed by atoms with Crippen LogP contribution >= 0.6 is 0 Å². The lowest BCUT2D eigenvalue weighted by molar-refractivity contribution is -0.136. The number of carbonyl (C=O) groups is 1. The Morgan fingerprint density at radius 3 is 2.73 bits per heavy atom. The first kappa shape index (κ1) is 23.2. The van der Waals surface area contributed by atoms with E-state index < -0.39 is 0 Å². The molecule has 3 aromatic rings. The largest absolute Gasteiger partial charge is 0.365 e. The number of hydrogen-bond donors (Lipinski definition) is 0. The van der Waals surface area contributed by atoms with Gasteiger partial charge in [0.1, 0.15) is 11.6 Å². The van der Waals surface area contributed by atoms with Crippen LogP contribution in [0, 0.1) is 17.8 Å². The Kier molecular flexibility index (Phi) is 5.48. The van der Waals surface area contributed by atoms with Gasteiger partial charge in [-0.2, -0.15) is 0 Å². The van der Waals surface area contributed by atoms with Crippen LogP contribution < -0.4 is 9.80 Å². The molecule has 37 heavy (non-hydrogen) atoms. The zero-order chi connectivity index (χ0) is 25.7. The lowest BCUT2D eigenvalue weighted by Gasteiger charge is -2.47. The zero-order valence-electron chi connectivity index (χ0n) is 20.8. The molecule has 188 valence electrons. The second-order valence-electron chi connectivity index (χ2n) is 10.3. The second-order valence-corrected chi connectivity index (χ2v) is 10.3. The van der Waals surface area contributed by atoms with Crippen LogP contribution in [0.1, 0.15) is 17.7 Å². The van der Waals surface area contributed by atoms with Crippen molar-refractivity contribution in [2.45, 2.75) is 19.4 Å². The van der Waals surface area contributed by atoms with Crippen LogP contribution in [0.15, 0.2) is 49.3 Å². The minimum absolute atomic E-state index is 0.00724. The Morgan fingerprint density at radius 2 is 2.03 bits per heavy atom. The van der Waals surface area contributed by atoms with Gasteiger partial charge >= 0.3 is 0 Å². The highest BCUT2D eigenvalue weighted by molar-refractivity contribution is 5.90. The van der Waals surface area contributed by atoms with E-state index in [-0.39, 0.29) is 17.1 Å². The zero-order valence-corrected chi connectivity index (χ0v) is 20.8. The van der Waals surface area contributed by atoms with Crippen molar-refractivity contribution in [2.24, 2.45) is 12.5 Å². The highest BCUT2D eigenvalue weighted by Gasteiger charge is 2.49. The normalized spacial score (nSPS) is 17.9. The third-order valence-corrected chi connectivity index (χ3v) is 7.92.